The summed E-state index contributed by atoms with van der Waals surface area (Å²) in [5.41, 5.74) is 0.887. The van der Waals surface area contributed by atoms with Gasteiger partial charge >= 0.3 is 5.97 Å². The van der Waals surface area contributed by atoms with Gasteiger partial charge in [0, 0.05) is 17.3 Å². The molecular weight excluding hydrogens is 428 g/mol. The number of benzene rings is 2. The normalized spacial score (nSPS) is 11.0. The minimum Gasteiger partial charge on any atom is -0.465 e. The van der Waals surface area contributed by atoms with Gasteiger partial charge in [-0.05, 0) is 36.0 Å². The predicted molar refractivity (Wildman–Crippen MR) is 118 cm³/mol. The summed E-state index contributed by atoms with van der Waals surface area (Å²) in [6, 6.07) is 18.7. The van der Waals surface area contributed by atoms with Crippen LogP contribution in [-0.4, -0.2) is 42.6 Å². The molecule has 9 nitrogen and oxygen atoms in total. The van der Waals surface area contributed by atoms with Crippen molar-refractivity contribution in [2.75, 3.05) is 7.11 Å². The topological polar surface area (TPSA) is 108 Å². The maximum absolute atomic E-state index is 13.1. The highest BCUT2D eigenvalue weighted by Crippen LogP contribution is 2.26. The van der Waals surface area contributed by atoms with Crippen LogP contribution in [0, 0.1) is 0 Å². The molecule has 0 spiro atoms. The van der Waals surface area contributed by atoms with Gasteiger partial charge in [0.15, 0.2) is 0 Å². The second-order valence-corrected chi connectivity index (χ2v) is 7.78. The number of aromatic nitrogens is 6. The van der Waals surface area contributed by atoms with Gasteiger partial charge in [0.2, 0.25) is 11.1 Å². The molecule has 0 saturated heterocycles. The van der Waals surface area contributed by atoms with Gasteiger partial charge in [-0.1, -0.05) is 36.4 Å². The van der Waals surface area contributed by atoms with Crippen LogP contribution in [0.2, 0.25) is 0 Å². The summed E-state index contributed by atoms with van der Waals surface area (Å²) in [6.07, 6.45) is 3.10. The number of methoxy groups -OCH3 is 1. The molecule has 0 atom stereocenters. The number of aromatic amines is 1. The highest BCUT2D eigenvalue weighted by Gasteiger charge is 2.25. The molecule has 0 amide bonds. The average molecular weight is 444 g/mol. The molecule has 0 bridgehead atoms. The highest BCUT2D eigenvalue weighted by atomic mass is 32.2. The molecule has 32 heavy (non-hydrogen) atoms. The van der Waals surface area contributed by atoms with E-state index in [1.807, 2.05) is 48.5 Å². The standard InChI is InChI=1S/C22H16N6O3S/c1-31-20(30)17-13-27(21-23-22(25-24-21)32-15-10-6-3-7-11-15)12-16-18(17)26-28(19(16)29)14-8-4-2-5-9-14/h2-13H,1H3,(H,23,24,25). The number of hydrogen-bond donors (Lipinski definition) is 1. The molecule has 3 aromatic rings. The number of carbonyl (C=O) groups is 1. The number of hydrogen-bond acceptors (Lipinski definition) is 7. The lowest BCUT2D eigenvalue weighted by molar-refractivity contribution is 0.0600. The third-order valence-electron chi connectivity index (χ3n) is 4.73. The van der Waals surface area contributed by atoms with E-state index < -0.39 is 5.97 Å². The summed E-state index contributed by atoms with van der Waals surface area (Å²) >= 11 is 1.39. The molecule has 5 rings (SSSR count). The van der Waals surface area contributed by atoms with E-state index in [0.29, 0.717) is 16.8 Å². The molecular formula is C22H16N6O3S. The molecule has 0 saturated carbocycles. The largest absolute Gasteiger partial charge is 0.465 e. The first-order chi connectivity index (χ1) is 15.6. The molecule has 2 aliphatic heterocycles. The van der Waals surface area contributed by atoms with Crippen LogP contribution in [0.5, 0.6) is 0 Å². The van der Waals surface area contributed by atoms with E-state index in [9.17, 15) is 9.59 Å². The zero-order valence-electron chi connectivity index (χ0n) is 16.8. The Kier molecular flexibility index (Phi) is 5.04. The number of para-hydroxylation sites is 1. The Bertz CT molecular complexity index is 1430. The number of fused-ring (bicyclic) bond motifs is 1. The van der Waals surface area contributed by atoms with Crippen molar-refractivity contribution >= 4 is 17.7 Å². The second-order valence-electron chi connectivity index (χ2n) is 6.74. The lowest BCUT2D eigenvalue weighted by Crippen LogP contribution is -2.15. The molecule has 2 aromatic carbocycles. The number of rotatable bonds is 5. The third kappa shape index (κ3) is 3.56. The molecule has 0 fully saturated rings. The highest BCUT2D eigenvalue weighted by molar-refractivity contribution is 7.99. The van der Waals surface area contributed by atoms with Crippen LogP contribution < -0.4 is 5.56 Å². The monoisotopic (exact) mass is 444 g/mol. The summed E-state index contributed by atoms with van der Waals surface area (Å²) < 4.78 is 7.72. The van der Waals surface area contributed by atoms with Crippen LogP contribution in [0.3, 0.4) is 0 Å². The quantitative estimate of drug-likeness (QED) is 0.415. The SMILES string of the molecule is COC(=O)c1cn(-c2nc(Sc3ccccc3)n[nH]2)cc2c(=O)n(-c3ccccc3)nc1-2. The van der Waals surface area contributed by atoms with Crippen molar-refractivity contribution in [3.8, 4) is 22.9 Å². The number of nitrogens with one attached hydrogen (secondary N) is 1. The van der Waals surface area contributed by atoms with Crippen molar-refractivity contribution in [2.24, 2.45) is 0 Å². The van der Waals surface area contributed by atoms with Crippen LogP contribution in [0.1, 0.15) is 10.4 Å². The Morgan fingerprint density at radius 2 is 1.75 bits per heavy atom. The molecule has 2 aliphatic rings. The number of nitrogens with zero attached hydrogens (tertiary/aromatic N) is 5. The van der Waals surface area contributed by atoms with Crippen molar-refractivity contribution in [1.82, 2.24) is 29.5 Å². The van der Waals surface area contributed by atoms with E-state index >= 15 is 0 Å². The van der Waals surface area contributed by atoms with Crippen LogP contribution in [-0.2, 0) is 4.74 Å². The van der Waals surface area contributed by atoms with Crippen molar-refractivity contribution in [2.45, 2.75) is 10.1 Å². The van der Waals surface area contributed by atoms with Crippen LogP contribution in [0.4, 0.5) is 0 Å². The fourth-order valence-electron chi connectivity index (χ4n) is 3.23. The van der Waals surface area contributed by atoms with Crippen molar-refractivity contribution in [1.29, 1.82) is 0 Å². The molecule has 1 aromatic heterocycles. The molecule has 0 unspecified atom stereocenters. The van der Waals surface area contributed by atoms with Crippen molar-refractivity contribution in [3.05, 3.63) is 89.0 Å². The van der Waals surface area contributed by atoms with Gasteiger partial charge in [0.05, 0.1) is 18.4 Å². The number of H-pyrrole nitrogens is 1. The number of esters is 1. The van der Waals surface area contributed by atoms with E-state index in [2.05, 4.69) is 20.3 Å². The van der Waals surface area contributed by atoms with E-state index in [0.717, 1.165) is 4.90 Å². The van der Waals surface area contributed by atoms with Gasteiger partial charge < -0.3 is 4.74 Å². The van der Waals surface area contributed by atoms with E-state index in [1.165, 1.54) is 34.3 Å². The zero-order chi connectivity index (χ0) is 22.1. The van der Waals surface area contributed by atoms with E-state index in [1.54, 1.807) is 18.3 Å². The zero-order valence-corrected chi connectivity index (χ0v) is 17.6. The molecule has 0 aliphatic carbocycles. The smallest absolute Gasteiger partial charge is 0.341 e. The second kappa shape index (κ2) is 8.16. The third-order valence-corrected chi connectivity index (χ3v) is 5.60. The molecule has 10 heteroatoms. The van der Waals surface area contributed by atoms with Gasteiger partial charge in [-0.25, -0.2) is 9.89 Å². The van der Waals surface area contributed by atoms with Gasteiger partial charge in [0.1, 0.15) is 11.3 Å². The van der Waals surface area contributed by atoms with E-state index in [4.69, 9.17) is 4.74 Å². The maximum Gasteiger partial charge on any atom is 0.341 e. The first-order valence-corrected chi connectivity index (χ1v) is 10.4. The number of pyridine rings is 1. The number of ether oxygens (including phenoxy) is 1. The first-order valence-electron chi connectivity index (χ1n) is 9.58. The van der Waals surface area contributed by atoms with Gasteiger partial charge in [0.25, 0.3) is 5.56 Å². The molecule has 3 heterocycles. The fourth-order valence-corrected chi connectivity index (χ4v) is 3.95. The Balaban J connectivity index is 1.61. The molecule has 0 radical (unpaired) electrons. The van der Waals surface area contributed by atoms with Crippen molar-refractivity contribution < 1.29 is 9.53 Å². The van der Waals surface area contributed by atoms with Gasteiger partial charge in [-0.15, -0.1) is 5.10 Å². The Labute approximate surface area is 186 Å². The number of carbonyl (C=O) groups excluding carboxylic acids is 1. The first kappa shape index (κ1) is 19.8. The molecule has 158 valence electrons. The summed E-state index contributed by atoms with van der Waals surface area (Å²) in [7, 11) is 1.28. The lowest BCUT2D eigenvalue weighted by atomic mass is 10.1. The minimum atomic E-state index is -0.611. The predicted octanol–water partition coefficient (Wildman–Crippen LogP) is 3.18. The van der Waals surface area contributed by atoms with Crippen LogP contribution in [0.15, 0.2) is 87.9 Å². The molecule has 1 N–H and O–H groups in total. The van der Waals surface area contributed by atoms with Crippen molar-refractivity contribution in [3.63, 3.8) is 0 Å². The minimum absolute atomic E-state index is 0.144. The summed E-state index contributed by atoms with van der Waals surface area (Å²) in [4.78, 5) is 31.1. The van der Waals surface area contributed by atoms with Crippen LogP contribution >= 0.6 is 11.8 Å². The van der Waals surface area contributed by atoms with Crippen LogP contribution in [0.25, 0.3) is 22.9 Å². The lowest BCUT2D eigenvalue weighted by Gasteiger charge is -2.08. The average Bonchev–Trinajstić information content (AvgIpc) is 3.44. The Morgan fingerprint density at radius 3 is 2.47 bits per heavy atom. The Hall–Kier alpha value is -4.18. The summed E-state index contributed by atoms with van der Waals surface area (Å²) in [5, 5.41) is 12.0. The summed E-state index contributed by atoms with van der Waals surface area (Å²) in [5.74, 6) is -0.261. The fraction of sp³-hybridized carbons (Fsp3) is 0.0455. The maximum atomic E-state index is 13.1. The van der Waals surface area contributed by atoms with Gasteiger partial charge in [-0.3, -0.25) is 9.36 Å². The Morgan fingerprint density at radius 1 is 1.03 bits per heavy atom. The summed E-state index contributed by atoms with van der Waals surface area (Å²) in [6.45, 7) is 0. The van der Waals surface area contributed by atoms with E-state index in [-0.39, 0.29) is 22.4 Å². The van der Waals surface area contributed by atoms with Gasteiger partial charge in [-0.2, -0.15) is 14.8 Å².